The van der Waals surface area contributed by atoms with Crippen LogP contribution >= 0.6 is 15.9 Å². The molecule has 1 aromatic carbocycles. The second kappa shape index (κ2) is 6.04. The molecule has 1 heterocycles. The van der Waals surface area contributed by atoms with E-state index in [1.165, 1.54) is 5.69 Å². The Morgan fingerprint density at radius 3 is 2.88 bits per heavy atom. The van der Waals surface area contributed by atoms with Crippen molar-refractivity contribution in [3.8, 4) is 6.07 Å². The predicted octanol–water partition coefficient (Wildman–Crippen LogP) is 2.53. The first-order chi connectivity index (χ1) is 8.29. The molecule has 1 saturated heterocycles. The van der Waals surface area contributed by atoms with Gasteiger partial charge in [0.1, 0.15) is 0 Å². The van der Waals surface area contributed by atoms with Crippen LogP contribution in [-0.4, -0.2) is 25.7 Å². The third-order valence-electron chi connectivity index (χ3n) is 3.01. The fourth-order valence-electron chi connectivity index (χ4n) is 2.13. The Hall–Kier alpha value is -1.05. The van der Waals surface area contributed by atoms with Crippen LogP contribution in [0.5, 0.6) is 0 Å². The summed E-state index contributed by atoms with van der Waals surface area (Å²) in [5.41, 5.74) is 1.24. The third-order valence-corrected chi connectivity index (χ3v) is 3.54. The molecule has 1 aliphatic rings. The van der Waals surface area contributed by atoms with Gasteiger partial charge in [-0.3, -0.25) is 0 Å². The van der Waals surface area contributed by atoms with Crippen molar-refractivity contribution < 1.29 is 0 Å². The molecule has 2 rings (SSSR count). The van der Waals surface area contributed by atoms with E-state index in [-0.39, 0.29) is 6.04 Å². The highest BCUT2D eigenvalue weighted by atomic mass is 79.9. The molecule has 0 aliphatic carbocycles. The van der Waals surface area contributed by atoms with E-state index in [1.807, 2.05) is 0 Å². The molecule has 0 saturated carbocycles. The summed E-state index contributed by atoms with van der Waals surface area (Å²) in [7, 11) is 0. The first kappa shape index (κ1) is 12.4. The topological polar surface area (TPSA) is 39.1 Å². The van der Waals surface area contributed by atoms with E-state index in [1.54, 1.807) is 0 Å². The summed E-state index contributed by atoms with van der Waals surface area (Å²) >= 11 is 3.45. The van der Waals surface area contributed by atoms with Gasteiger partial charge in [-0.15, -0.1) is 0 Å². The van der Waals surface area contributed by atoms with Gasteiger partial charge >= 0.3 is 0 Å². The lowest BCUT2D eigenvalue weighted by Gasteiger charge is -2.25. The second-order valence-corrected chi connectivity index (χ2v) is 5.20. The maximum Gasteiger partial charge on any atom is 0.0638 e. The van der Waals surface area contributed by atoms with E-state index in [2.05, 4.69) is 56.5 Å². The van der Waals surface area contributed by atoms with E-state index in [9.17, 15) is 0 Å². The van der Waals surface area contributed by atoms with Crippen LogP contribution in [0.3, 0.4) is 0 Å². The fraction of sp³-hybridized carbons (Fsp3) is 0.462. The second-order valence-electron chi connectivity index (χ2n) is 4.29. The van der Waals surface area contributed by atoms with E-state index < -0.39 is 0 Å². The van der Waals surface area contributed by atoms with Crippen LogP contribution in [0.4, 0.5) is 5.69 Å². The summed E-state index contributed by atoms with van der Waals surface area (Å²) in [6, 6.07) is 10.9. The van der Waals surface area contributed by atoms with Gasteiger partial charge in [0.05, 0.1) is 12.5 Å². The summed E-state index contributed by atoms with van der Waals surface area (Å²) < 4.78 is 1.10. The molecule has 0 radical (unpaired) electrons. The standard InChI is InChI=1S/C13H16BrN3/c14-11-2-4-13(5-3-11)17-9-1-8-16-12(10-17)6-7-15/h2-5,12,16H,1,6,8-10H2. The highest BCUT2D eigenvalue weighted by Crippen LogP contribution is 2.20. The molecule has 0 spiro atoms. The number of nitrogens with zero attached hydrogens (tertiary/aromatic N) is 2. The average molecular weight is 294 g/mol. The zero-order chi connectivity index (χ0) is 12.1. The summed E-state index contributed by atoms with van der Waals surface area (Å²) in [6.07, 6.45) is 1.70. The Morgan fingerprint density at radius 2 is 2.18 bits per heavy atom. The van der Waals surface area contributed by atoms with Gasteiger partial charge < -0.3 is 10.2 Å². The molecular weight excluding hydrogens is 278 g/mol. The maximum atomic E-state index is 8.79. The van der Waals surface area contributed by atoms with E-state index >= 15 is 0 Å². The highest BCUT2D eigenvalue weighted by Gasteiger charge is 2.17. The van der Waals surface area contributed by atoms with E-state index in [0.29, 0.717) is 6.42 Å². The summed E-state index contributed by atoms with van der Waals surface area (Å²) in [4.78, 5) is 2.36. The number of halogens is 1. The van der Waals surface area contributed by atoms with Crippen LogP contribution in [0.25, 0.3) is 0 Å². The van der Waals surface area contributed by atoms with Gasteiger partial charge in [0.2, 0.25) is 0 Å². The highest BCUT2D eigenvalue weighted by molar-refractivity contribution is 9.10. The van der Waals surface area contributed by atoms with Crippen molar-refractivity contribution in [3.63, 3.8) is 0 Å². The van der Waals surface area contributed by atoms with Gasteiger partial charge in [-0.25, -0.2) is 0 Å². The van der Waals surface area contributed by atoms with Crippen LogP contribution in [-0.2, 0) is 0 Å². The molecule has 1 fully saturated rings. The first-order valence-electron chi connectivity index (χ1n) is 5.90. The predicted molar refractivity (Wildman–Crippen MR) is 73.0 cm³/mol. The monoisotopic (exact) mass is 293 g/mol. The zero-order valence-corrected chi connectivity index (χ0v) is 11.3. The molecule has 1 aliphatic heterocycles. The smallest absolute Gasteiger partial charge is 0.0638 e. The average Bonchev–Trinajstić information content (AvgIpc) is 2.56. The summed E-state index contributed by atoms with van der Waals surface area (Å²) in [6.45, 7) is 2.96. The Kier molecular flexibility index (Phi) is 4.41. The van der Waals surface area contributed by atoms with Crippen molar-refractivity contribution in [2.75, 3.05) is 24.5 Å². The van der Waals surface area contributed by atoms with Crippen molar-refractivity contribution in [1.82, 2.24) is 5.32 Å². The normalized spacial score (nSPS) is 20.7. The zero-order valence-electron chi connectivity index (χ0n) is 9.69. The van der Waals surface area contributed by atoms with Crippen LogP contribution in [0.1, 0.15) is 12.8 Å². The molecule has 0 aromatic heterocycles. The maximum absolute atomic E-state index is 8.79. The molecule has 1 aromatic rings. The van der Waals surface area contributed by atoms with Crippen LogP contribution < -0.4 is 10.2 Å². The van der Waals surface area contributed by atoms with Gasteiger partial charge in [0.15, 0.2) is 0 Å². The molecule has 0 bridgehead atoms. The largest absolute Gasteiger partial charge is 0.370 e. The Labute approximate surface area is 111 Å². The lowest BCUT2D eigenvalue weighted by atomic mass is 10.2. The van der Waals surface area contributed by atoms with Crippen LogP contribution in [0.2, 0.25) is 0 Å². The summed E-state index contributed by atoms with van der Waals surface area (Å²) in [5.74, 6) is 0. The van der Waals surface area contributed by atoms with Gasteiger partial charge in [-0.2, -0.15) is 5.26 Å². The van der Waals surface area contributed by atoms with Crippen molar-refractivity contribution in [3.05, 3.63) is 28.7 Å². The van der Waals surface area contributed by atoms with Crippen molar-refractivity contribution in [2.45, 2.75) is 18.9 Å². The van der Waals surface area contributed by atoms with Gasteiger partial charge in [0.25, 0.3) is 0 Å². The molecule has 90 valence electrons. The van der Waals surface area contributed by atoms with Crippen LogP contribution in [0, 0.1) is 11.3 Å². The minimum absolute atomic E-state index is 0.283. The quantitative estimate of drug-likeness (QED) is 0.911. The van der Waals surface area contributed by atoms with Crippen molar-refractivity contribution in [1.29, 1.82) is 5.26 Å². The van der Waals surface area contributed by atoms with Crippen molar-refractivity contribution in [2.24, 2.45) is 0 Å². The number of benzene rings is 1. The molecule has 1 atom stereocenters. The molecule has 0 amide bonds. The van der Waals surface area contributed by atoms with Crippen molar-refractivity contribution >= 4 is 21.6 Å². The van der Waals surface area contributed by atoms with Gasteiger partial charge in [0, 0.05) is 29.3 Å². The number of hydrogen-bond acceptors (Lipinski definition) is 3. The molecule has 17 heavy (non-hydrogen) atoms. The Morgan fingerprint density at radius 1 is 1.41 bits per heavy atom. The molecule has 1 N–H and O–H groups in total. The minimum Gasteiger partial charge on any atom is -0.370 e. The lowest BCUT2D eigenvalue weighted by molar-refractivity contribution is 0.552. The SMILES string of the molecule is N#CCC1CN(c2ccc(Br)cc2)CCCN1. The molecular formula is C13H16BrN3. The molecule has 1 unspecified atom stereocenters. The lowest BCUT2D eigenvalue weighted by Crippen LogP contribution is -2.37. The first-order valence-corrected chi connectivity index (χ1v) is 6.70. The number of anilines is 1. The van der Waals surface area contributed by atoms with E-state index in [4.69, 9.17) is 5.26 Å². The van der Waals surface area contributed by atoms with Crippen LogP contribution in [0.15, 0.2) is 28.7 Å². The Bertz CT molecular complexity index is 396. The summed E-state index contributed by atoms with van der Waals surface area (Å²) in [5, 5.41) is 12.2. The third kappa shape index (κ3) is 3.45. The minimum atomic E-state index is 0.283. The number of hydrogen-bond donors (Lipinski definition) is 1. The molecule has 3 nitrogen and oxygen atoms in total. The number of nitrogens with one attached hydrogen (secondary N) is 1. The Balaban J connectivity index is 2.08. The van der Waals surface area contributed by atoms with E-state index in [0.717, 1.165) is 30.5 Å². The number of nitriles is 1. The number of rotatable bonds is 2. The van der Waals surface area contributed by atoms with Gasteiger partial charge in [-0.05, 0) is 37.2 Å². The van der Waals surface area contributed by atoms with Gasteiger partial charge in [-0.1, -0.05) is 15.9 Å². The fourth-order valence-corrected chi connectivity index (χ4v) is 2.40. The molecule has 4 heteroatoms.